The minimum absolute atomic E-state index is 0.635. The van der Waals surface area contributed by atoms with Gasteiger partial charge < -0.3 is 5.11 Å². The Bertz CT molecular complexity index is 516. The molecule has 0 bridgehead atoms. The lowest BCUT2D eigenvalue weighted by molar-refractivity contribution is 0.0577. The van der Waals surface area contributed by atoms with Crippen molar-refractivity contribution in [3.05, 3.63) is 56.2 Å². The van der Waals surface area contributed by atoms with Gasteiger partial charge >= 0.3 is 0 Å². The predicted molar refractivity (Wildman–Crippen MR) is 76.5 cm³/mol. The van der Waals surface area contributed by atoms with Crippen molar-refractivity contribution in [2.45, 2.75) is 25.9 Å². The minimum Gasteiger partial charge on any atom is -0.385 e. The molecule has 17 heavy (non-hydrogen) atoms. The predicted octanol–water partition coefficient (Wildman–Crippen LogP) is 4.27. The van der Waals surface area contributed by atoms with Crippen LogP contribution in [0.2, 0.25) is 0 Å². The van der Waals surface area contributed by atoms with E-state index in [4.69, 9.17) is 0 Å². The summed E-state index contributed by atoms with van der Waals surface area (Å²) in [6.07, 6.45) is 0.635. The molecule has 90 valence electrons. The number of halogens is 1. The topological polar surface area (TPSA) is 20.2 Å². The van der Waals surface area contributed by atoms with Crippen LogP contribution in [0.3, 0.4) is 0 Å². The van der Waals surface area contributed by atoms with Crippen LogP contribution >= 0.6 is 27.3 Å². The molecule has 2 aromatic rings. The summed E-state index contributed by atoms with van der Waals surface area (Å²) in [7, 11) is 0. The molecule has 1 N–H and O–H groups in total. The van der Waals surface area contributed by atoms with Crippen molar-refractivity contribution in [1.29, 1.82) is 0 Å². The third-order valence-electron chi connectivity index (χ3n) is 2.92. The zero-order valence-corrected chi connectivity index (χ0v) is 12.3. The Morgan fingerprint density at radius 3 is 2.59 bits per heavy atom. The van der Waals surface area contributed by atoms with E-state index in [1.54, 1.807) is 11.3 Å². The van der Waals surface area contributed by atoms with Gasteiger partial charge in [-0.05, 0) is 52.4 Å². The van der Waals surface area contributed by atoms with E-state index < -0.39 is 5.60 Å². The van der Waals surface area contributed by atoms with Gasteiger partial charge in [0.15, 0.2) is 0 Å². The summed E-state index contributed by atoms with van der Waals surface area (Å²) in [5.41, 5.74) is 1.31. The fourth-order valence-electron chi connectivity index (χ4n) is 2.04. The number of aryl methyl sites for hydroxylation is 1. The Morgan fingerprint density at radius 2 is 2.00 bits per heavy atom. The lowest BCUT2D eigenvalue weighted by Gasteiger charge is -2.25. The Kier molecular flexibility index (Phi) is 3.71. The van der Waals surface area contributed by atoms with Gasteiger partial charge in [0.05, 0.1) is 5.60 Å². The van der Waals surface area contributed by atoms with Gasteiger partial charge in [0.1, 0.15) is 0 Å². The van der Waals surface area contributed by atoms with Crippen molar-refractivity contribution in [3.63, 3.8) is 0 Å². The van der Waals surface area contributed by atoms with E-state index in [-0.39, 0.29) is 0 Å². The lowest BCUT2D eigenvalue weighted by atomic mass is 9.89. The third kappa shape index (κ3) is 2.79. The second-order valence-corrected chi connectivity index (χ2v) is 6.31. The van der Waals surface area contributed by atoms with Gasteiger partial charge in [-0.3, -0.25) is 0 Å². The molecule has 0 radical (unpaired) electrons. The number of thiophene rings is 1. The van der Waals surface area contributed by atoms with E-state index in [1.165, 1.54) is 4.88 Å². The summed E-state index contributed by atoms with van der Waals surface area (Å²) < 4.78 is 1.08. The molecular weight excluding hydrogens is 296 g/mol. The number of hydrogen-bond acceptors (Lipinski definition) is 2. The quantitative estimate of drug-likeness (QED) is 0.897. The summed E-state index contributed by atoms with van der Waals surface area (Å²) in [4.78, 5) is 1.18. The molecule has 0 amide bonds. The highest BCUT2D eigenvalue weighted by molar-refractivity contribution is 9.10. The standard InChI is InChI=1S/C14H15BrOS/c1-10-5-3-4-6-11(10)14(2,16)9-13-12(15)7-8-17-13/h3-8,16H,9H2,1-2H3. The van der Waals surface area contributed by atoms with E-state index in [9.17, 15) is 5.11 Å². The molecule has 0 saturated carbocycles. The molecule has 1 aromatic heterocycles. The zero-order chi connectivity index (χ0) is 12.5. The van der Waals surface area contributed by atoms with Crippen molar-refractivity contribution in [1.82, 2.24) is 0 Å². The Balaban J connectivity index is 2.31. The van der Waals surface area contributed by atoms with Crippen molar-refractivity contribution in [2.75, 3.05) is 0 Å². The molecule has 0 spiro atoms. The zero-order valence-electron chi connectivity index (χ0n) is 9.90. The molecule has 1 heterocycles. The maximum Gasteiger partial charge on any atom is 0.0919 e. The van der Waals surface area contributed by atoms with E-state index >= 15 is 0 Å². The first-order chi connectivity index (χ1) is 8.00. The number of hydrogen-bond donors (Lipinski definition) is 1. The summed E-state index contributed by atoms with van der Waals surface area (Å²) >= 11 is 5.18. The second-order valence-electron chi connectivity index (χ2n) is 4.46. The summed E-state index contributed by atoms with van der Waals surface area (Å²) in [5.74, 6) is 0. The third-order valence-corrected chi connectivity index (χ3v) is 4.85. The van der Waals surface area contributed by atoms with Gasteiger partial charge in [-0.25, -0.2) is 0 Å². The Morgan fingerprint density at radius 1 is 1.29 bits per heavy atom. The van der Waals surface area contributed by atoms with Gasteiger partial charge in [-0.2, -0.15) is 0 Å². The fraction of sp³-hybridized carbons (Fsp3) is 0.286. The number of rotatable bonds is 3. The summed E-state index contributed by atoms with van der Waals surface area (Å²) in [6, 6.07) is 10.0. The molecule has 0 aliphatic heterocycles. The van der Waals surface area contributed by atoms with Crippen LogP contribution in [0, 0.1) is 6.92 Å². The van der Waals surface area contributed by atoms with E-state index in [1.807, 2.05) is 49.6 Å². The van der Waals surface area contributed by atoms with E-state index in [2.05, 4.69) is 15.9 Å². The SMILES string of the molecule is Cc1ccccc1C(C)(O)Cc1sccc1Br. The monoisotopic (exact) mass is 310 g/mol. The molecule has 1 atom stereocenters. The summed E-state index contributed by atoms with van der Waals surface area (Å²) in [6.45, 7) is 3.91. The van der Waals surface area contributed by atoms with Gasteiger partial charge in [0, 0.05) is 15.8 Å². The van der Waals surface area contributed by atoms with Crippen LogP contribution in [-0.2, 0) is 12.0 Å². The van der Waals surface area contributed by atoms with Crippen LogP contribution in [0.4, 0.5) is 0 Å². The summed E-state index contributed by atoms with van der Waals surface area (Å²) in [5, 5.41) is 12.7. The first-order valence-corrected chi connectivity index (χ1v) is 7.18. The molecule has 1 aromatic carbocycles. The molecule has 3 heteroatoms. The van der Waals surface area contributed by atoms with Crippen molar-refractivity contribution < 1.29 is 5.11 Å². The Hall–Kier alpha value is -0.640. The normalized spacial score (nSPS) is 14.6. The highest BCUT2D eigenvalue weighted by atomic mass is 79.9. The van der Waals surface area contributed by atoms with Crippen molar-refractivity contribution in [3.8, 4) is 0 Å². The maximum absolute atomic E-state index is 10.6. The molecule has 0 fully saturated rings. The van der Waals surface area contributed by atoms with Crippen LogP contribution in [0.1, 0.15) is 22.9 Å². The highest BCUT2D eigenvalue weighted by Crippen LogP contribution is 2.33. The molecule has 0 aliphatic rings. The molecule has 1 nitrogen and oxygen atoms in total. The minimum atomic E-state index is -0.821. The van der Waals surface area contributed by atoms with Crippen LogP contribution in [0.15, 0.2) is 40.2 Å². The fourth-order valence-corrected chi connectivity index (χ4v) is 3.68. The van der Waals surface area contributed by atoms with Gasteiger partial charge in [0.25, 0.3) is 0 Å². The molecule has 0 saturated heterocycles. The average molecular weight is 311 g/mol. The van der Waals surface area contributed by atoms with Crippen LogP contribution in [-0.4, -0.2) is 5.11 Å². The van der Waals surface area contributed by atoms with E-state index in [0.717, 1.165) is 15.6 Å². The Labute approximate surface area is 114 Å². The molecule has 1 unspecified atom stereocenters. The largest absolute Gasteiger partial charge is 0.385 e. The smallest absolute Gasteiger partial charge is 0.0919 e. The highest BCUT2D eigenvalue weighted by Gasteiger charge is 2.26. The van der Waals surface area contributed by atoms with Gasteiger partial charge in [0.2, 0.25) is 0 Å². The van der Waals surface area contributed by atoms with Crippen LogP contribution in [0.5, 0.6) is 0 Å². The van der Waals surface area contributed by atoms with E-state index in [0.29, 0.717) is 6.42 Å². The van der Waals surface area contributed by atoms with Crippen molar-refractivity contribution in [2.24, 2.45) is 0 Å². The maximum atomic E-state index is 10.6. The molecule has 2 rings (SSSR count). The number of aliphatic hydroxyl groups is 1. The van der Waals surface area contributed by atoms with Crippen LogP contribution < -0.4 is 0 Å². The van der Waals surface area contributed by atoms with Gasteiger partial charge in [-0.1, -0.05) is 24.3 Å². The van der Waals surface area contributed by atoms with Gasteiger partial charge in [-0.15, -0.1) is 11.3 Å². The number of benzene rings is 1. The van der Waals surface area contributed by atoms with Crippen molar-refractivity contribution >= 4 is 27.3 Å². The first kappa shape index (κ1) is 12.8. The average Bonchev–Trinajstić information content (AvgIpc) is 2.64. The van der Waals surface area contributed by atoms with Crippen LogP contribution in [0.25, 0.3) is 0 Å². The molecule has 0 aliphatic carbocycles. The first-order valence-electron chi connectivity index (χ1n) is 5.51. The lowest BCUT2D eigenvalue weighted by Crippen LogP contribution is -2.25. The molecular formula is C14H15BrOS. The second kappa shape index (κ2) is 4.92.